The average molecular weight is 335 g/mol. The van der Waals surface area contributed by atoms with Crippen molar-refractivity contribution in [3.05, 3.63) is 28.8 Å². The van der Waals surface area contributed by atoms with Crippen molar-refractivity contribution in [3.63, 3.8) is 0 Å². The van der Waals surface area contributed by atoms with Gasteiger partial charge in [0.1, 0.15) is 17.9 Å². The van der Waals surface area contributed by atoms with Crippen molar-refractivity contribution in [1.29, 1.82) is 0 Å². The SMILES string of the molecule is CCOC(=O)c1c(C(C)C)ccc(C)c1OCCN1CCOCC1. The van der Waals surface area contributed by atoms with Crippen LogP contribution in [0.1, 0.15) is 48.2 Å². The van der Waals surface area contributed by atoms with Crippen molar-refractivity contribution in [2.75, 3.05) is 46.1 Å². The Morgan fingerprint density at radius 2 is 2.00 bits per heavy atom. The highest BCUT2D eigenvalue weighted by molar-refractivity contribution is 5.95. The van der Waals surface area contributed by atoms with E-state index in [0.717, 1.165) is 44.0 Å². The topological polar surface area (TPSA) is 48.0 Å². The fourth-order valence-electron chi connectivity index (χ4n) is 2.88. The van der Waals surface area contributed by atoms with Crippen molar-refractivity contribution in [3.8, 4) is 5.75 Å². The second kappa shape index (κ2) is 9.04. The zero-order valence-electron chi connectivity index (χ0n) is 15.3. The number of hydrogen-bond donors (Lipinski definition) is 0. The molecule has 0 spiro atoms. The Bertz CT molecular complexity index is 551. The number of aryl methyl sites for hydroxylation is 1. The van der Waals surface area contributed by atoms with Gasteiger partial charge in [0, 0.05) is 19.6 Å². The molecule has 1 fully saturated rings. The summed E-state index contributed by atoms with van der Waals surface area (Å²) in [5.74, 6) is 0.589. The van der Waals surface area contributed by atoms with E-state index in [2.05, 4.69) is 18.7 Å². The van der Waals surface area contributed by atoms with Gasteiger partial charge in [-0.2, -0.15) is 0 Å². The van der Waals surface area contributed by atoms with Gasteiger partial charge in [0.05, 0.1) is 19.8 Å². The summed E-state index contributed by atoms with van der Waals surface area (Å²) in [4.78, 5) is 14.8. The molecule has 2 rings (SSSR count). The van der Waals surface area contributed by atoms with Gasteiger partial charge < -0.3 is 14.2 Å². The van der Waals surface area contributed by atoms with Crippen molar-refractivity contribution in [2.24, 2.45) is 0 Å². The van der Waals surface area contributed by atoms with Gasteiger partial charge in [-0.1, -0.05) is 26.0 Å². The third kappa shape index (κ3) is 4.71. The Labute approximate surface area is 144 Å². The Morgan fingerprint density at radius 3 is 2.62 bits per heavy atom. The predicted molar refractivity (Wildman–Crippen MR) is 94.0 cm³/mol. The van der Waals surface area contributed by atoms with Gasteiger partial charge in [0.15, 0.2) is 0 Å². The highest BCUT2D eigenvalue weighted by Crippen LogP contribution is 2.32. The van der Waals surface area contributed by atoms with Gasteiger partial charge in [-0.25, -0.2) is 4.79 Å². The third-order valence-corrected chi connectivity index (χ3v) is 4.25. The lowest BCUT2D eigenvalue weighted by Gasteiger charge is -2.27. The molecule has 134 valence electrons. The molecule has 24 heavy (non-hydrogen) atoms. The number of hydrogen-bond acceptors (Lipinski definition) is 5. The van der Waals surface area contributed by atoms with E-state index in [0.29, 0.717) is 24.5 Å². The van der Waals surface area contributed by atoms with Crippen LogP contribution < -0.4 is 4.74 Å². The van der Waals surface area contributed by atoms with E-state index in [1.807, 2.05) is 26.0 Å². The zero-order chi connectivity index (χ0) is 17.5. The molecule has 1 saturated heterocycles. The molecule has 0 bridgehead atoms. The largest absolute Gasteiger partial charge is 0.491 e. The Kier molecular flexibility index (Phi) is 7.06. The molecule has 5 nitrogen and oxygen atoms in total. The summed E-state index contributed by atoms with van der Waals surface area (Å²) in [5, 5.41) is 0. The average Bonchev–Trinajstić information content (AvgIpc) is 2.57. The molecule has 1 aliphatic rings. The summed E-state index contributed by atoms with van der Waals surface area (Å²) in [5.41, 5.74) is 2.51. The van der Waals surface area contributed by atoms with Crippen molar-refractivity contribution in [2.45, 2.75) is 33.6 Å². The number of benzene rings is 1. The number of morpholine rings is 1. The lowest BCUT2D eigenvalue weighted by atomic mass is 9.94. The maximum Gasteiger partial charge on any atom is 0.342 e. The van der Waals surface area contributed by atoms with Gasteiger partial charge >= 0.3 is 5.97 Å². The van der Waals surface area contributed by atoms with E-state index < -0.39 is 0 Å². The minimum absolute atomic E-state index is 0.228. The standard InChI is InChI=1S/C19H29NO4/c1-5-23-19(21)17-16(14(2)3)7-6-15(4)18(17)24-13-10-20-8-11-22-12-9-20/h6-7,14H,5,8-13H2,1-4H3. The molecule has 0 radical (unpaired) electrons. The maximum absolute atomic E-state index is 12.5. The molecule has 1 aromatic rings. The second-order valence-electron chi connectivity index (χ2n) is 6.35. The minimum Gasteiger partial charge on any atom is -0.491 e. The monoisotopic (exact) mass is 335 g/mol. The highest BCUT2D eigenvalue weighted by Gasteiger charge is 2.22. The predicted octanol–water partition coefficient (Wildman–Crippen LogP) is 3.01. The summed E-state index contributed by atoms with van der Waals surface area (Å²) in [6.45, 7) is 13.1. The maximum atomic E-state index is 12.5. The molecule has 1 aliphatic heterocycles. The first kappa shape index (κ1) is 18.7. The molecule has 0 aromatic heterocycles. The van der Waals surface area contributed by atoms with Crippen LogP contribution in [0.25, 0.3) is 0 Å². The van der Waals surface area contributed by atoms with Crippen LogP contribution in [0.4, 0.5) is 0 Å². The van der Waals surface area contributed by atoms with Crippen LogP contribution in [0.3, 0.4) is 0 Å². The lowest BCUT2D eigenvalue weighted by Crippen LogP contribution is -2.38. The Morgan fingerprint density at radius 1 is 1.29 bits per heavy atom. The number of ether oxygens (including phenoxy) is 3. The number of carbonyl (C=O) groups excluding carboxylic acids is 1. The summed E-state index contributed by atoms with van der Waals surface area (Å²) >= 11 is 0. The van der Waals surface area contributed by atoms with Gasteiger partial charge in [-0.3, -0.25) is 4.90 Å². The van der Waals surface area contributed by atoms with Gasteiger partial charge in [0.2, 0.25) is 0 Å². The van der Waals surface area contributed by atoms with Gasteiger partial charge in [-0.15, -0.1) is 0 Å². The number of carbonyl (C=O) groups is 1. The molecule has 1 aromatic carbocycles. The summed E-state index contributed by atoms with van der Waals surface area (Å²) in [6.07, 6.45) is 0. The summed E-state index contributed by atoms with van der Waals surface area (Å²) in [7, 11) is 0. The molecule has 0 aliphatic carbocycles. The van der Waals surface area contributed by atoms with Crippen molar-refractivity contribution >= 4 is 5.97 Å². The molecular weight excluding hydrogens is 306 g/mol. The molecule has 0 unspecified atom stereocenters. The van der Waals surface area contributed by atoms with Crippen LogP contribution in [0.5, 0.6) is 5.75 Å². The normalized spacial score (nSPS) is 15.5. The van der Waals surface area contributed by atoms with Crippen LogP contribution in [-0.4, -0.2) is 56.9 Å². The molecule has 0 saturated carbocycles. The Balaban J connectivity index is 2.16. The van der Waals surface area contributed by atoms with E-state index in [4.69, 9.17) is 14.2 Å². The van der Waals surface area contributed by atoms with Crippen LogP contribution in [0, 0.1) is 6.92 Å². The second-order valence-corrected chi connectivity index (χ2v) is 6.35. The summed E-state index contributed by atoms with van der Waals surface area (Å²) in [6, 6.07) is 4.02. The number of nitrogens with zero attached hydrogens (tertiary/aromatic N) is 1. The fraction of sp³-hybridized carbons (Fsp3) is 0.632. The number of esters is 1. The third-order valence-electron chi connectivity index (χ3n) is 4.25. The first-order valence-corrected chi connectivity index (χ1v) is 8.78. The van der Waals surface area contributed by atoms with Crippen molar-refractivity contribution in [1.82, 2.24) is 4.90 Å². The van der Waals surface area contributed by atoms with Crippen LogP contribution in [-0.2, 0) is 9.47 Å². The first-order chi connectivity index (χ1) is 11.5. The molecule has 1 heterocycles. The van der Waals surface area contributed by atoms with Crippen LogP contribution in [0.15, 0.2) is 12.1 Å². The van der Waals surface area contributed by atoms with Gasteiger partial charge in [0.25, 0.3) is 0 Å². The first-order valence-electron chi connectivity index (χ1n) is 8.78. The fourth-order valence-corrected chi connectivity index (χ4v) is 2.88. The minimum atomic E-state index is -0.300. The molecule has 0 N–H and O–H groups in total. The van der Waals surface area contributed by atoms with E-state index in [-0.39, 0.29) is 11.9 Å². The lowest BCUT2D eigenvalue weighted by molar-refractivity contribution is 0.0320. The van der Waals surface area contributed by atoms with E-state index in [9.17, 15) is 4.79 Å². The quantitative estimate of drug-likeness (QED) is 0.717. The molecule has 5 heteroatoms. The molecule has 0 amide bonds. The number of rotatable bonds is 7. The smallest absolute Gasteiger partial charge is 0.342 e. The van der Waals surface area contributed by atoms with E-state index in [1.165, 1.54) is 0 Å². The van der Waals surface area contributed by atoms with Crippen molar-refractivity contribution < 1.29 is 19.0 Å². The van der Waals surface area contributed by atoms with Crippen LogP contribution >= 0.6 is 0 Å². The molecule has 0 atom stereocenters. The van der Waals surface area contributed by atoms with E-state index in [1.54, 1.807) is 0 Å². The Hall–Kier alpha value is -1.59. The zero-order valence-corrected chi connectivity index (χ0v) is 15.3. The van der Waals surface area contributed by atoms with E-state index >= 15 is 0 Å². The summed E-state index contributed by atoms with van der Waals surface area (Å²) < 4.78 is 16.7. The van der Waals surface area contributed by atoms with Crippen LogP contribution in [0.2, 0.25) is 0 Å². The highest BCUT2D eigenvalue weighted by atomic mass is 16.5. The molecular formula is C19H29NO4. The van der Waals surface area contributed by atoms with Gasteiger partial charge in [-0.05, 0) is 30.9 Å².